The molecule has 1 rings (SSSR count). The van der Waals surface area contributed by atoms with Crippen molar-refractivity contribution in [2.24, 2.45) is 5.73 Å². The number of rotatable bonds is 2. The van der Waals surface area contributed by atoms with Gasteiger partial charge < -0.3 is 10.5 Å². The van der Waals surface area contributed by atoms with Crippen LogP contribution >= 0.6 is 0 Å². The molecule has 0 aliphatic rings. The lowest BCUT2D eigenvalue weighted by Gasteiger charge is -2.19. The molecule has 0 heterocycles. The Hall–Kier alpha value is -1.23. The van der Waals surface area contributed by atoms with Crippen LogP contribution in [-0.2, 0) is 0 Å². The van der Waals surface area contributed by atoms with E-state index in [1.54, 1.807) is 19.9 Å². The SMILES string of the molecule is COc1cc(C)c(C(N)C(F)(F)F)cc1C. The van der Waals surface area contributed by atoms with Gasteiger partial charge >= 0.3 is 6.18 Å². The number of hydrogen-bond donors (Lipinski definition) is 1. The zero-order valence-corrected chi connectivity index (χ0v) is 9.35. The molecule has 0 aliphatic carbocycles. The Bertz CT molecular complexity index is 388. The summed E-state index contributed by atoms with van der Waals surface area (Å²) in [6.07, 6.45) is -4.42. The molecule has 1 unspecified atom stereocenters. The van der Waals surface area contributed by atoms with Crippen LogP contribution in [0.15, 0.2) is 12.1 Å². The quantitative estimate of drug-likeness (QED) is 0.852. The highest BCUT2D eigenvalue weighted by Gasteiger charge is 2.38. The fraction of sp³-hybridized carbons (Fsp3) is 0.455. The first-order valence-electron chi connectivity index (χ1n) is 4.74. The molecule has 0 fully saturated rings. The van der Waals surface area contributed by atoms with Crippen LogP contribution in [0.25, 0.3) is 0 Å². The molecular weight excluding hydrogens is 219 g/mol. The van der Waals surface area contributed by atoms with Crippen LogP contribution in [0.1, 0.15) is 22.7 Å². The standard InChI is InChI=1S/C11H14F3NO/c1-6-5-9(16-3)7(2)4-8(6)10(15)11(12,13)14/h4-5,10H,15H2,1-3H3. The van der Waals surface area contributed by atoms with Gasteiger partial charge in [-0.15, -0.1) is 0 Å². The third kappa shape index (κ3) is 2.47. The lowest BCUT2D eigenvalue weighted by Crippen LogP contribution is -2.29. The average Bonchev–Trinajstić information content (AvgIpc) is 2.18. The summed E-state index contributed by atoms with van der Waals surface area (Å²) in [5, 5.41) is 0. The van der Waals surface area contributed by atoms with E-state index in [1.165, 1.54) is 13.2 Å². The number of methoxy groups -OCH3 is 1. The van der Waals surface area contributed by atoms with Gasteiger partial charge in [0.05, 0.1) is 7.11 Å². The maximum atomic E-state index is 12.5. The average molecular weight is 233 g/mol. The minimum absolute atomic E-state index is 0.0887. The van der Waals surface area contributed by atoms with Crippen molar-refractivity contribution in [2.75, 3.05) is 7.11 Å². The molecule has 1 aromatic carbocycles. The van der Waals surface area contributed by atoms with Gasteiger partial charge in [0, 0.05) is 0 Å². The van der Waals surface area contributed by atoms with Gasteiger partial charge in [-0.25, -0.2) is 0 Å². The molecule has 1 aromatic rings. The van der Waals surface area contributed by atoms with Crippen molar-refractivity contribution in [3.63, 3.8) is 0 Å². The number of ether oxygens (including phenoxy) is 1. The van der Waals surface area contributed by atoms with Crippen LogP contribution in [0, 0.1) is 13.8 Å². The van der Waals surface area contributed by atoms with E-state index in [0.717, 1.165) is 0 Å². The second kappa shape index (κ2) is 4.33. The highest BCUT2D eigenvalue weighted by Crippen LogP contribution is 2.34. The van der Waals surface area contributed by atoms with E-state index in [1.807, 2.05) is 0 Å². The van der Waals surface area contributed by atoms with E-state index in [-0.39, 0.29) is 5.56 Å². The van der Waals surface area contributed by atoms with Crippen molar-refractivity contribution in [2.45, 2.75) is 26.1 Å². The molecule has 0 aromatic heterocycles. The Morgan fingerprint density at radius 1 is 1.19 bits per heavy atom. The Balaban J connectivity index is 3.21. The molecule has 0 saturated heterocycles. The number of hydrogen-bond acceptors (Lipinski definition) is 2. The van der Waals surface area contributed by atoms with Crippen molar-refractivity contribution in [3.05, 3.63) is 28.8 Å². The third-order valence-corrected chi connectivity index (χ3v) is 2.47. The molecule has 0 spiro atoms. The largest absolute Gasteiger partial charge is 0.496 e. The fourth-order valence-electron chi connectivity index (χ4n) is 1.54. The molecule has 0 bridgehead atoms. The Kier molecular flexibility index (Phi) is 3.48. The van der Waals surface area contributed by atoms with Crippen LogP contribution in [0.3, 0.4) is 0 Å². The summed E-state index contributed by atoms with van der Waals surface area (Å²) in [5.41, 5.74) is 6.38. The van der Waals surface area contributed by atoms with Crippen LogP contribution < -0.4 is 10.5 Å². The normalized spacial score (nSPS) is 13.7. The zero-order valence-electron chi connectivity index (χ0n) is 9.35. The van der Waals surface area contributed by atoms with Crippen molar-refractivity contribution >= 4 is 0 Å². The molecule has 5 heteroatoms. The molecule has 0 amide bonds. The van der Waals surface area contributed by atoms with Gasteiger partial charge in [-0.2, -0.15) is 13.2 Å². The monoisotopic (exact) mass is 233 g/mol. The van der Waals surface area contributed by atoms with Crippen molar-refractivity contribution < 1.29 is 17.9 Å². The molecule has 2 N–H and O–H groups in total. The number of halogens is 3. The predicted octanol–water partition coefficient (Wildman–Crippen LogP) is 2.87. The summed E-state index contributed by atoms with van der Waals surface area (Å²) < 4.78 is 42.4. The zero-order chi connectivity index (χ0) is 12.5. The van der Waals surface area contributed by atoms with E-state index in [9.17, 15) is 13.2 Å². The second-order valence-corrected chi connectivity index (χ2v) is 3.70. The molecule has 0 radical (unpaired) electrons. The lowest BCUT2D eigenvalue weighted by molar-refractivity contribution is -0.149. The van der Waals surface area contributed by atoms with Crippen LogP contribution in [-0.4, -0.2) is 13.3 Å². The first kappa shape index (κ1) is 12.8. The summed E-state index contributed by atoms with van der Waals surface area (Å²) >= 11 is 0. The molecule has 90 valence electrons. The van der Waals surface area contributed by atoms with Gasteiger partial charge in [-0.05, 0) is 36.6 Å². The second-order valence-electron chi connectivity index (χ2n) is 3.70. The Morgan fingerprint density at radius 2 is 1.75 bits per heavy atom. The maximum absolute atomic E-state index is 12.5. The summed E-state index contributed by atoms with van der Waals surface area (Å²) in [5.74, 6) is 0.565. The number of nitrogens with two attached hydrogens (primary N) is 1. The van der Waals surface area contributed by atoms with Gasteiger partial charge in [-0.3, -0.25) is 0 Å². The van der Waals surface area contributed by atoms with Gasteiger partial charge in [0.15, 0.2) is 0 Å². The van der Waals surface area contributed by atoms with Crippen molar-refractivity contribution in [1.29, 1.82) is 0 Å². The minimum Gasteiger partial charge on any atom is -0.496 e. The van der Waals surface area contributed by atoms with Crippen molar-refractivity contribution in [1.82, 2.24) is 0 Å². The summed E-state index contributed by atoms with van der Waals surface area (Å²) in [6.45, 7) is 3.27. The van der Waals surface area contributed by atoms with E-state index >= 15 is 0 Å². The number of alkyl halides is 3. The van der Waals surface area contributed by atoms with Crippen molar-refractivity contribution in [3.8, 4) is 5.75 Å². The molecule has 0 saturated carbocycles. The Labute approximate surface area is 92.2 Å². The minimum atomic E-state index is -4.42. The molecule has 16 heavy (non-hydrogen) atoms. The van der Waals surface area contributed by atoms with Crippen LogP contribution in [0.4, 0.5) is 13.2 Å². The molecule has 0 aliphatic heterocycles. The van der Waals surface area contributed by atoms with Gasteiger partial charge in [0.2, 0.25) is 0 Å². The molecular formula is C11H14F3NO. The van der Waals surface area contributed by atoms with E-state index in [2.05, 4.69) is 0 Å². The summed E-state index contributed by atoms with van der Waals surface area (Å²) in [4.78, 5) is 0. The summed E-state index contributed by atoms with van der Waals surface area (Å²) in [7, 11) is 1.48. The number of benzene rings is 1. The maximum Gasteiger partial charge on any atom is 0.407 e. The fourth-order valence-corrected chi connectivity index (χ4v) is 1.54. The van der Waals surface area contributed by atoms with E-state index in [4.69, 9.17) is 10.5 Å². The lowest BCUT2D eigenvalue weighted by atomic mass is 9.98. The predicted molar refractivity (Wildman–Crippen MR) is 55.5 cm³/mol. The summed E-state index contributed by atoms with van der Waals surface area (Å²) in [6, 6.07) is 1.04. The number of aryl methyl sites for hydroxylation is 2. The third-order valence-electron chi connectivity index (χ3n) is 2.47. The van der Waals surface area contributed by atoms with E-state index in [0.29, 0.717) is 16.9 Å². The topological polar surface area (TPSA) is 35.2 Å². The highest BCUT2D eigenvalue weighted by molar-refractivity contribution is 5.43. The highest BCUT2D eigenvalue weighted by atomic mass is 19.4. The Morgan fingerprint density at radius 3 is 2.19 bits per heavy atom. The van der Waals surface area contributed by atoms with Crippen LogP contribution in [0.5, 0.6) is 5.75 Å². The van der Waals surface area contributed by atoms with Gasteiger partial charge in [0.25, 0.3) is 0 Å². The van der Waals surface area contributed by atoms with Gasteiger partial charge in [0.1, 0.15) is 11.8 Å². The molecule has 2 nitrogen and oxygen atoms in total. The van der Waals surface area contributed by atoms with Gasteiger partial charge in [-0.1, -0.05) is 6.07 Å². The molecule has 1 atom stereocenters. The van der Waals surface area contributed by atoms with Crippen LogP contribution in [0.2, 0.25) is 0 Å². The van der Waals surface area contributed by atoms with E-state index < -0.39 is 12.2 Å². The first-order chi connectivity index (χ1) is 7.27. The smallest absolute Gasteiger partial charge is 0.407 e. The first-order valence-corrected chi connectivity index (χ1v) is 4.74.